The molecule has 0 radical (unpaired) electrons. The number of ether oxygens (including phenoxy) is 1. The molecule has 1 aromatic carbocycles. The minimum absolute atomic E-state index is 0.192. The molecule has 0 bridgehead atoms. The molecule has 21 heavy (non-hydrogen) atoms. The molecule has 6 heteroatoms. The maximum atomic E-state index is 8.67. The van der Waals surface area contributed by atoms with Crippen LogP contribution in [0.4, 0.5) is 0 Å². The number of nitrogens with one attached hydrogen (secondary N) is 2. The Bertz CT molecular complexity index is 417. The molecule has 0 amide bonds. The van der Waals surface area contributed by atoms with Gasteiger partial charge in [-0.2, -0.15) is 0 Å². The fourth-order valence-corrected chi connectivity index (χ4v) is 3.30. The van der Waals surface area contributed by atoms with Gasteiger partial charge >= 0.3 is 0 Å². The Hall–Kier alpha value is -0.140. The van der Waals surface area contributed by atoms with Crippen molar-refractivity contribution in [3.8, 4) is 5.75 Å². The second-order valence-corrected chi connectivity index (χ2v) is 6.50. The van der Waals surface area contributed by atoms with Crippen LogP contribution in [-0.4, -0.2) is 38.0 Å². The van der Waals surface area contributed by atoms with Crippen LogP contribution in [0.15, 0.2) is 21.1 Å². The van der Waals surface area contributed by atoms with Crippen molar-refractivity contribution in [3.05, 3.63) is 26.6 Å². The first-order valence-corrected chi connectivity index (χ1v) is 8.90. The Balaban J connectivity index is 2.45. The fourth-order valence-electron chi connectivity index (χ4n) is 1.88. The van der Waals surface area contributed by atoms with Crippen molar-refractivity contribution in [2.75, 3.05) is 32.8 Å². The summed E-state index contributed by atoms with van der Waals surface area (Å²) in [6.45, 7) is 6.29. The minimum atomic E-state index is 0.192. The van der Waals surface area contributed by atoms with E-state index in [-0.39, 0.29) is 6.61 Å². The predicted octanol–water partition coefficient (Wildman–Crippen LogP) is 3.06. The van der Waals surface area contributed by atoms with Gasteiger partial charge in [0.2, 0.25) is 0 Å². The van der Waals surface area contributed by atoms with Gasteiger partial charge in [-0.1, -0.05) is 22.9 Å². The van der Waals surface area contributed by atoms with Gasteiger partial charge < -0.3 is 20.5 Å². The number of halogens is 2. The molecule has 120 valence electrons. The molecule has 0 saturated carbocycles. The van der Waals surface area contributed by atoms with Gasteiger partial charge in [0.25, 0.3) is 0 Å². The largest absolute Gasteiger partial charge is 0.492 e. The predicted molar refractivity (Wildman–Crippen MR) is 93.9 cm³/mol. The van der Waals surface area contributed by atoms with Crippen LogP contribution in [0.25, 0.3) is 0 Å². The van der Waals surface area contributed by atoms with Crippen molar-refractivity contribution >= 4 is 31.9 Å². The summed E-state index contributed by atoms with van der Waals surface area (Å²) in [6, 6.07) is 4.10. The number of hydrogen-bond donors (Lipinski definition) is 3. The lowest BCUT2D eigenvalue weighted by Gasteiger charge is -2.14. The average Bonchev–Trinajstić information content (AvgIpc) is 2.45. The third kappa shape index (κ3) is 7.61. The SMILES string of the molecule is CCCOc1c(Br)cc(Br)cc1CNCCCNCCO. The zero-order valence-electron chi connectivity index (χ0n) is 12.4. The summed E-state index contributed by atoms with van der Waals surface area (Å²) in [5.41, 5.74) is 1.15. The standard InChI is InChI=1S/C15H24Br2N2O2/c1-2-8-21-15-12(9-13(16)10-14(15)17)11-19-5-3-4-18-6-7-20/h9-10,18-20H,2-8,11H2,1H3. The van der Waals surface area contributed by atoms with Gasteiger partial charge in [-0.15, -0.1) is 0 Å². The Morgan fingerprint density at radius 2 is 1.90 bits per heavy atom. The van der Waals surface area contributed by atoms with Crippen molar-refractivity contribution in [3.63, 3.8) is 0 Å². The first kappa shape index (κ1) is 18.9. The maximum Gasteiger partial charge on any atom is 0.138 e. The van der Waals surface area contributed by atoms with E-state index in [0.29, 0.717) is 6.54 Å². The van der Waals surface area contributed by atoms with Crippen LogP contribution < -0.4 is 15.4 Å². The van der Waals surface area contributed by atoms with Gasteiger partial charge in [0.05, 0.1) is 17.7 Å². The fraction of sp³-hybridized carbons (Fsp3) is 0.600. The van der Waals surface area contributed by atoms with Crippen LogP contribution in [-0.2, 0) is 6.54 Å². The molecule has 0 unspecified atom stereocenters. The number of rotatable bonds is 11. The second-order valence-electron chi connectivity index (χ2n) is 4.73. The molecule has 0 aromatic heterocycles. The topological polar surface area (TPSA) is 53.5 Å². The molecule has 0 spiro atoms. The zero-order chi connectivity index (χ0) is 15.5. The van der Waals surface area contributed by atoms with Crippen LogP contribution in [0.5, 0.6) is 5.75 Å². The van der Waals surface area contributed by atoms with E-state index in [1.807, 2.05) is 6.07 Å². The molecular formula is C15H24Br2N2O2. The van der Waals surface area contributed by atoms with Crippen molar-refractivity contribution in [2.45, 2.75) is 26.3 Å². The molecular weight excluding hydrogens is 400 g/mol. The van der Waals surface area contributed by atoms with E-state index >= 15 is 0 Å². The van der Waals surface area contributed by atoms with E-state index in [1.165, 1.54) is 0 Å². The summed E-state index contributed by atoms with van der Waals surface area (Å²) in [6.07, 6.45) is 2.02. The van der Waals surface area contributed by atoms with Gasteiger partial charge in [0.1, 0.15) is 5.75 Å². The molecule has 1 aromatic rings. The molecule has 0 aliphatic rings. The van der Waals surface area contributed by atoms with E-state index in [9.17, 15) is 0 Å². The second kappa shape index (κ2) is 11.4. The average molecular weight is 424 g/mol. The minimum Gasteiger partial charge on any atom is -0.492 e. The summed E-state index contributed by atoms with van der Waals surface area (Å²) >= 11 is 7.08. The quantitative estimate of drug-likeness (QED) is 0.479. The molecule has 0 atom stereocenters. The van der Waals surface area contributed by atoms with E-state index in [0.717, 1.165) is 59.3 Å². The Morgan fingerprint density at radius 3 is 2.62 bits per heavy atom. The van der Waals surface area contributed by atoms with E-state index in [2.05, 4.69) is 55.5 Å². The highest BCUT2D eigenvalue weighted by atomic mass is 79.9. The third-order valence-electron chi connectivity index (χ3n) is 2.85. The van der Waals surface area contributed by atoms with E-state index in [1.54, 1.807) is 0 Å². The van der Waals surface area contributed by atoms with Crippen LogP contribution in [0.3, 0.4) is 0 Å². The van der Waals surface area contributed by atoms with Crippen LogP contribution in [0.1, 0.15) is 25.3 Å². The van der Waals surface area contributed by atoms with Gasteiger partial charge in [-0.05, 0) is 54.0 Å². The number of aliphatic hydroxyl groups is 1. The van der Waals surface area contributed by atoms with Crippen LogP contribution in [0.2, 0.25) is 0 Å². The zero-order valence-corrected chi connectivity index (χ0v) is 15.6. The summed E-state index contributed by atoms with van der Waals surface area (Å²) < 4.78 is 7.85. The Kier molecular flexibility index (Phi) is 10.3. The number of aliphatic hydroxyl groups excluding tert-OH is 1. The van der Waals surface area contributed by atoms with Crippen LogP contribution in [0, 0.1) is 0 Å². The van der Waals surface area contributed by atoms with Crippen LogP contribution >= 0.6 is 31.9 Å². The van der Waals surface area contributed by atoms with Crippen molar-refractivity contribution in [2.24, 2.45) is 0 Å². The van der Waals surface area contributed by atoms with Gasteiger partial charge in [0.15, 0.2) is 0 Å². The normalized spacial score (nSPS) is 10.9. The van der Waals surface area contributed by atoms with Gasteiger partial charge in [0, 0.05) is 23.1 Å². The van der Waals surface area contributed by atoms with Gasteiger partial charge in [-0.25, -0.2) is 0 Å². The highest BCUT2D eigenvalue weighted by molar-refractivity contribution is 9.11. The Labute approximate surface area is 143 Å². The molecule has 3 N–H and O–H groups in total. The van der Waals surface area contributed by atoms with Crippen molar-refractivity contribution < 1.29 is 9.84 Å². The van der Waals surface area contributed by atoms with Crippen molar-refractivity contribution in [1.82, 2.24) is 10.6 Å². The Morgan fingerprint density at radius 1 is 1.14 bits per heavy atom. The number of benzene rings is 1. The lowest BCUT2D eigenvalue weighted by atomic mass is 10.2. The van der Waals surface area contributed by atoms with E-state index < -0.39 is 0 Å². The monoisotopic (exact) mass is 422 g/mol. The smallest absolute Gasteiger partial charge is 0.138 e. The molecule has 0 fully saturated rings. The summed E-state index contributed by atoms with van der Waals surface area (Å²) in [7, 11) is 0. The van der Waals surface area contributed by atoms with Gasteiger partial charge in [-0.3, -0.25) is 0 Å². The molecule has 4 nitrogen and oxygen atoms in total. The van der Waals surface area contributed by atoms with E-state index in [4.69, 9.17) is 9.84 Å². The molecule has 1 rings (SSSR count). The maximum absolute atomic E-state index is 8.67. The highest BCUT2D eigenvalue weighted by Gasteiger charge is 2.09. The molecule has 0 aliphatic carbocycles. The van der Waals surface area contributed by atoms with Crippen molar-refractivity contribution in [1.29, 1.82) is 0 Å². The molecule has 0 saturated heterocycles. The first-order chi connectivity index (χ1) is 10.2. The summed E-state index contributed by atoms with van der Waals surface area (Å²) in [4.78, 5) is 0. The first-order valence-electron chi connectivity index (χ1n) is 7.32. The summed E-state index contributed by atoms with van der Waals surface area (Å²) in [5, 5.41) is 15.3. The number of hydrogen-bond acceptors (Lipinski definition) is 4. The molecule has 0 heterocycles. The third-order valence-corrected chi connectivity index (χ3v) is 3.89. The summed E-state index contributed by atoms with van der Waals surface area (Å²) in [5.74, 6) is 0.922. The lowest BCUT2D eigenvalue weighted by Crippen LogP contribution is -2.24. The lowest BCUT2D eigenvalue weighted by molar-refractivity contribution is 0.292. The molecule has 0 aliphatic heterocycles. The highest BCUT2D eigenvalue weighted by Crippen LogP contribution is 2.33.